The Morgan fingerprint density at radius 2 is 2.19 bits per heavy atom. The van der Waals surface area contributed by atoms with Crippen molar-refractivity contribution in [3.8, 4) is 0 Å². The van der Waals surface area contributed by atoms with Crippen LogP contribution in [0.15, 0.2) is 32.5 Å². The maximum Gasteiger partial charge on any atom is 0.246 e. The van der Waals surface area contributed by atoms with Gasteiger partial charge in [0.2, 0.25) is 10.0 Å². The third kappa shape index (κ3) is 3.79. The van der Waals surface area contributed by atoms with Crippen LogP contribution in [0.25, 0.3) is 0 Å². The molecule has 2 rings (SSSR count). The van der Waals surface area contributed by atoms with Gasteiger partial charge in [-0.3, -0.25) is 0 Å². The van der Waals surface area contributed by atoms with Crippen LogP contribution in [-0.4, -0.2) is 36.3 Å². The van der Waals surface area contributed by atoms with E-state index in [9.17, 15) is 8.42 Å². The summed E-state index contributed by atoms with van der Waals surface area (Å²) in [6.45, 7) is 2.70. The standard InChI is InChI=1S/C12H15BrN4O2S2/c1-3-14-12-11(4-9(13)5-15-12)21(18,19)17(2)6-10-7-20-8-16-10/h4-5,7-8H,3,6H2,1-2H3,(H,14,15). The fourth-order valence-electron chi connectivity index (χ4n) is 1.71. The molecule has 0 aliphatic heterocycles. The largest absolute Gasteiger partial charge is 0.369 e. The van der Waals surface area contributed by atoms with E-state index in [1.54, 1.807) is 17.8 Å². The van der Waals surface area contributed by atoms with E-state index in [-0.39, 0.29) is 11.4 Å². The Morgan fingerprint density at radius 1 is 1.43 bits per heavy atom. The van der Waals surface area contributed by atoms with Crippen molar-refractivity contribution in [3.63, 3.8) is 0 Å². The molecule has 21 heavy (non-hydrogen) atoms. The van der Waals surface area contributed by atoms with E-state index in [1.807, 2.05) is 12.3 Å². The van der Waals surface area contributed by atoms with Gasteiger partial charge in [-0.05, 0) is 28.9 Å². The third-order valence-corrected chi connectivity index (χ3v) is 5.61. The number of halogens is 1. The van der Waals surface area contributed by atoms with Crippen molar-refractivity contribution in [2.45, 2.75) is 18.4 Å². The van der Waals surface area contributed by atoms with Gasteiger partial charge in [0.25, 0.3) is 0 Å². The summed E-state index contributed by atoms with van der Waals surface area (Å²) < 4.78 is 27.3. The molecule has 114 valence electrons. The SMILES string of the molecule is CCNc1ncc(Br)cc1S(=O)(=O)N(C)Cc1cscn1. The second-order valence-electron chi connectivity index (χ2n) is 4.27. The van der Waals surface area contributed by atoms with Gasteiger partial charge in [-0.15, -0.1) is 11.3 Å². The summed E-state index contributed by atoms with van der Waals surface area (Å²) in [5.41, 5.74) is 2.40. The van der Waals surface area contributed by atoms with Crippen LogP contribution < -0.4 is 5.32 Å². The highest BCUT2D eigenvalue weighted by Gasteiger charge is 2.25. The maximum atomic E-state index is 12.7. The molecule has 2 aromatic rings. The van der Waals surface area contributed by atoms with Gasteiger partial charge in [-0.25, -0.2) is 18.4 Å². The first kappa shape index (κ1) is 16.3. The van der Waals surface area contributed by atoms with Crippen molar-refractivity contribution in [1.29, 1.82) is 0 Å². The molecule has 0 saturated heterocycles. The molecular weight excluding hydrogens is 376 g/mol. The topological polar surface area (TPSA) is 75.2 Å². The lowest BCUT2D eigenvalue weighted by Gasteiger charge is -2.18. The van der Waals surface area contributed by atoms with Gasteiger partial charge in [-0.2, -0.15) is 4.31 Å². The van der Waals surface area contributed by atoms with E-state index in [2.05, 4.69) is 31.2 Å². The number of sulfonamides is 1. The normalized spacial score (nSPS) is 11.8. The number of pyridine rings is 1. The molecule has 0 bridgehead atoms. The summed E-state index contributed by atoms with van der Waals surface area (Å²) in [6, 6.07) is 1.55. The average molecular weight is 391 g/mol. The fraction of sp³-hybridized carbons (Fsp3) is 0.333. The summed E-state index contributed by atoms with van der Waals surface area (Å²) in [7, 11) is -2.11. The second kappa shape index (κ2) is 6.82. The van der Waals surface area contributed by atoms with E-state index in [0.717, 1.165) is 5.69 Å². The van der Waals surface area contributed by atoms with Crippen LogP contribution in [0.1, 0.15) is 12.6 Å². The summed E-state index contributed by atoms with van der Waals surface area (Å²) in [5.74, 6) is 0.353. The number of rotatable bonds is 6. The molecule has 0 unspecified atom stereocenters. The lowest BCUT2D eigenvalue weighted by Crippen LogP contribution is -2.27. The van der Waals surface area contributed by atoms with E-state index in [1.165, 1.54) is 22.7 Å². The highest BCUT2D eigenvalue weighted by molar-refractivity contribution is 9.10. The lowest BCUT2D eigenvalue weighted by molar-refractivity contribution is 0.463. The second-order valence-corrected chi connectivity index (χ2v) is 7.92. The summed E-state index contributed by atoms with van der Waals surface area (Å²) in [6.07, 6.45) is 1.57. The smallest absolute Gasteiger partial charge is 0.246 e. The molecule has 2 heterocycles. The Labute approximate surface area is 136 Å². The van der Waals surface area contributed by atoms with Gasteiger partial charge in [-0.1, -0.05) is 0 Å². The monoisotopic (exact) mass is 390 g/mol. The zero-order valence-electron chi connectivity index (χ0n) is 11.6. The minimum Gasteiger partial charge on any atom is -0.369 e. The lowest BCUT2D eigenvalue weighted by atomic mass is 10.4. The zero-order chi connectivity index (χ0) is 15.5. The highest BCUT2D eigenvalue weighted by atomic mass is 79.9. The molecular formula is C12H15BrN4O2S2. The Hall–Kier alpha value is -1.03. The first-order valence-corrected chi connectivity index (χ1v) is 9.35. The van der Waals surface area contributed by atoms with Crippen LogP contribution in [0.4, 0.5) is 5.82 Å². The van der Waals surface area contributed by atoms with Gasteiger partial charge >= 0.3 is 0 Å². The van der Waals surface area contributed by atoms with Gasteiger partial charge in [0.1, 0.15) is 10.7 Å². The van der Waals surface area contributed by atoms with Crippen LogP contribution in [-0.2, 0) is 16.6 Å². The summed E-state index contributed by atoms with van der Waals surface area (Å²) >= 11 is 4.70. The van der Waals surface area contributed by atoms with Crippen molar-refractivity contribution in [2.75, 3.05) is 18.9 Å². The van der Waals surface area contributed by atoms with Gasteiger partial charge in [0.15, 0.2) is 0 Å². The molecule has 0 atom stereocenters. The molecule has 0 amide bonds. The van der Waals surface area contributed by atoms with Gasteiger partial charge in [0, 0.05) is 29.6 Å². The molecule has 0 saturated carbocycles. The predicted molar refractivity (Wildman–Crippen MR) is 86.9 cm³/mol. The van der Waals surface area contributed by atoms with Crippen molar-refractivity contribution >= 4 is 43.1 Å². The minimum atomic E-state index is -3.65. The first-order chi connectivity index (χ1) is 9.95. The van der Waals surface area contributed by atoms with E-state index >= 15 is 0 Å². The number of hydrogen-bond donors (Lipinski definition) is 1. The molecule has 0 radical (unpaired) electrons. The number of hydrogen-bond acceptors (Lipinski definition) is 6. The number of nitrogens with one attached hydrogen (secondary N) is 1. The quantitative estimate of drug-likeness (QED) is 0.819. The molecule has 0 fully saturated rings. The van der Waals surface area contributed by atoms with Crippen molar-refractivity contribution in [3.05, 3.63) is 33.3 Å². The third-order valence-electron chi connectivity index (χ3n) is 2.72. The Balaban J connectivity index is 2.36. The van der Waals surface area contributed by atoms with Gasteiger partial charge < -0.3 is 5.32 Å². The number of thiazole rings is 1. The fourth-order valence-corrected chi connectivity index (χ4v) is 4.03. The summed E-state index contributed by atoms with van der Waals surface area (Å²) in [5, 5.41) is 4.80. The first-order valence-electron chi connectivity index (χ1n) is 6.18. The van der Waals surface area contributed by atoms with E-state index in [0.29, 0.717) is 16.8 Å². The highest BCUT2D eigenvalue weighted by Crippen LogP contribution is 2.26. The molecule has 2 aromatic heterocycles. The molecule has 9 heteroatoms. The van der Waals surface area contributed by atoms with Crippen molar-refractivity contribution in [2.24, 2.45) is 0 Å². The van der Waals surface area contributed by atoms with Crippen LogP contribution in [0, 0.1) is 0 Å². The number of nitrogens with zero attached hydrogens (tertiary/aromatic N) is 3. The number of aromatic nitrogens is 2. The Morgan fingerprint density at radius 3 is 2.81 bits per heavy atom. The molecule has 0 aromatic carbocycles. The van der Waals surface area contributed by atoms with Gasteiger partial charge in [0.05, 0.1) is 17.7 Å². The van der Waals surface area contributed by atoms with Crippen molar-refractivity contribution < 1.29 is 8.42 Å². The Bertz CT molecular complexity index is 704. The molecule has 1 N–H and O–H groups in total. The maximum absolute atomic E-state index is 12.7. The van der Waals surface area contributed by atoms with Crippen LogP contribution in [0.5, 0.6) is 0 Å². The zero-order valence-corrected chi connectivity index (χ0v) is 14.8. The van der Waals surface area contributed by atoms with E-state index < -0.39 is 10.0 Å². The molecule has 0 aliphatic rings. The van der Waals surface area contributed by atoms with E-state index in [4.69, 9.17) is 0 Å². The molecule has 0 aliphatic carbocycles. The number of anilines is 1. The van der Waals surface area contributed by atoms with Crippen molar-refractivity contribution in [1.82, 2.24) is 14.3 Å². The predicted octanol–water partition coefficient (Wildman–Crippen LogP) is 2.55. The Kier molecular flexibility index (Phi) is 5.31. The minimum absolute atomic E-state index is 0.149. The van der Waals surface area contributed by atoms with Crippen LogP contribution in [0.2, 0.25) is 0 Å². The summed E-state index contributed by atoms with van der Waals surface area (Å²) in [4.78, 5) is 8.40. The molecule has 0 spiro atoms. The van der Waals surface area contributed by atoms with Crippen LogP contribution in [0.3, 0.4) is 0 Å². The molecule has 6 nitrogen and oxygen atoms in total. The van der Waals surface area contributed by atoms with Crippen LogP contribution >= 0.6 is 27.3 Å². The average Bonchev–Trinajstić information content (AvgIpc) is 2.93.